The van der Waals surface area contributed by atoms with Gasteiger partial charge in [0.15, 0.2) is 0 Å². The zero-order chi connectivity index (χ0) is 36.9. The van der Waals surface area contributed by atoms with Crippen molar-refractivity contribution in [2.75, 3.05) is 0 Å². The van der Waals surface area contributed by atoms with E-state index in [0.29, 0.717) is 11.8 Å². The summed E-state index contributed by atoms with van der Waals surface area (Å²) >= 11 is 0. The topological polar surface area (TPSA) is 38.9 Å². The van der Waals surface area contributed by atoms with E-state index in [2.05, 4.69) is 179 Å². The summed E-state index contributed by atoms with van der Waals surface area (Å²) in [6.45, 7) is 15.9. The van der Waals surface area contributed by atoms with Crippen LogP contribution in [0.2, 0.25) is 19.6 Å². The van der Waals surface area contributed by atoms with E-state index in [9.17, 15) is 0 Å². The van der Waals surface area contributed by atoms with Gasteiger partial charge < -0.3 is 14.4 Å². The van der Waals surface area contributed by atoms with Crippen molar-refractivity contribution >= 4 is 67.5 Å². The Hall–Kier alpha value is -4.93. The van der Waals surface area contributed by atoms with Crippen molar-refractivity contribution < 1.29 is 24.5 Å². The molecular formula is C49H44IrN2OSi-2. The van der Waals surface area contributed by atoms with Crippen LogP contribution >= 0.6 is 0 Å². The molecule has 0 spiro atoms. The third kappa shape index (κ3) is 7.05. The Morgan fingerprint density at radius 2 is 1.13 bits per heavy atom. The molecule has 3 heterocycles. The van der Waals surface area contributed by atoms with E-state index in [0.717, 1.165) is 44.5 Å². The Balaban J connectivity index is 0.000000164. The van der Waals surface area contributed by atoms with Crippen LogP contribution in [-0.2, 0) is 20.1 Å². The van der Waals surface area contributed by atoms with Gasteiger partial charge in [0, 0.05) is 37.9 Å². The van der Waals surface area contributed by atoms with Crippen molar-refractivity contribution in [3.8, 4) is 22.5 Å². The number of aromatic nitrogens is 2. The molecule has 3 nitrogen and oxygen atoms in total. The summed E-state index contributed by atoms with van der Waals surface area (Å²) in [5, 5.41) is 11.4. The van der Waals surface area contributed by atoms with E-state index in [1.807, 2.05) is 18.5 Å². The van der Waals surface area contributed by atoms with Crippen molar-refractivity contribution in [1.82, 2.24) is 9.97 Å². The van der Waals surface area contributed by atoms with Gasteiger partial charge in [0.1, 0.15) is 5.58 Å². The molecule has 3 aromatic heterocycles. The predicted molar refractivity (Wildman–Crippen MR) is 228 cm³/mol. The summed E-state index contributed by atoms with van der Waals surface area (Å²) in [6, 6.07) is 47.8. The van der Waals surface area contributed by atoms with Crippen LogP contribution in [0.15, 0.2) is 132 Å². The summed E-state index contributed by atoms with van der Waals surface area (Å²) < 4.78 is 6.33. The standard InChI is InChI=1S/C26H20N.C23H24NOSi.Ir/c1-17(2)18-13-14-27-26(16-18)19-11-12-24-22-9-4-3-7-20(22)21-8-5-6-10-23(21)25(24)15-19;1-15(2)16-11-12-24-21(13-16)20-8-6-7-19-18-10-9-17(26(3,4)5)14-22(18)25-23(19)20;/h3-10,12-17H,1-2H3;6-7,9-15H,1-5H3;/q2*-1;. The molecular weight excluding hydrogens is 853 g/mol. The maximum atomic E-state index is 6.33. The molecule has 0 bridgehead atoms. The maximum absolute atomic E-state index is 6.33. The van der Waals surface area contributed by atoms with Crippen LogP contribution < -0.4 is 5.19 Å². The second-order valence-electron chi connectivity index (χ2n) is 15.7. The monoisotopic (exact) mass is 897 g/mol. The summed E-state index contributed by atoms with van der Waals surface area (Å²) in [6.07, 6.45) is 3.78. The molecule has 6 aromatic carbocycles. The molecule has 0 amide bonds. The summed E-state index contributed by atoms with van der Waals surface area (Å²) in [5.74, 6) is 0.947. The third-order valence-electron chi connectivity index (χ3n) is 10.4. The van der Waals surface area contributed by atoms with E-state index >= 15 is 0 Å². The Bertz CT molecular complexity index is 2760. The fraction of sp³-hybridized carbons (Fsp3) is 0.184. The number of nitrogens with zero attached hydrogens (tertiary/aromatic N) is 2. The normalized spacial score (nSPS) is 11.8. The molecule has 0 saturated carbocycles. The molecule has 0 N–H and O–H groups in total. The first-order valence-corrected chi connectivity index (χ1v) is 22.1. The number of rotatable bonds is 5. The second-order valence-corrected chi connectivity index (χ2v) is 20.8. The predicted octanol–water partition coefficient (Wildman–Crippen LogP) is 13.2. The summed E-state index contributed by atoms with van der Waals surface area (Å²) in [7, 11) is -1.38. The van der Waals surface area contributed by atoms with Crippen molar-refractivity contribution in [2.24, 2.45) is 0 Å². The quantitative estimate of drug-likeness (QED) is 0.0981. The molecule has 1 radical (unpaired) electrons. The SMILES string of the molecule is CC(C)c1ccnc(-c2[c-]cc3c4ccccc4c4ccccc4c3c2)c1.CC(C)c1ccnc(-c2[c-]ccc3c2oc2cc([Si](C)(C)C)ccc23)c1.[Ir]. The number of benzene rings is 6. The van der Waals surface area contributed by atoms with Gasteiger partial charge in [-0.25, -0.2) is 0 Å². The molecule has 0 fully saturated rings. The van der Waals surface area contributed by atoms with Crippen LogP contribution in [-0.4, -0.2) is 18.0 Å². The molecule has 9 aromatic rings. The molecule has 5 heteroatoms. The van der Waals surface area contributed by atoms with Crippen molar-refractivity contribution in [1.29, 1.82) is 0 Å². The molecule has 0 aliphatic rings. The van der Waals surface area contributed by atoms with Gasteiger partial charge in [-0.15, -0.1) is 42.0 Å². The maximum Gasteiger partial charge on any atom is 0.120 e. The van der Waals surface area contributed by atoms with E-state index in [-0.39, 0.29) is 20.1 Å². The summed E-state index contributed by atoms with van der Waals surface area (Å²) in [4.78, 5) is 9.19. The minimum atomic E-state index is -1.38. The third-order valence-corrected chi connectivity index (χ3v) is 12.5. The van der Waals surface area contributed by atoms with Crippen molar-refractivity contribution in [3.05, 3.63) is 151 Å². The first-order chi connectivity index (χ1) is 25.6. The van der Waals surface area contributed by atoms with Gasteiger partial charge in [0.05, 0.1) is 13.7 Å². The molecule has 0 aliphatic carbocycles. The molecule has 0 saturated heterocycles. The van der Waals surface area contributed by atoms with E-state index in [1.165, 1.54) is 48.6 Å². The van der Waals surface area contributed by atoms with Gasteiger partial charge in [0.2, 0.25) is 0 Å². The van der Waals surface area contributed by atoms with Crippen LogP contribution in [0.4, 0.5) is 0 Å². The van der Waals surface area contributed by atoms with Crippen LogP contribution in [0.5, 0.6) is 0 Å². The van der Waals surface area contributed by atoms with Gasteiger partial charge in [-0.1, -0.05) is 164 Å². The van der Waals surface area contributed by atoms with Gasteiger partial charge in [-0.3, -0.25) is 0 Å². The fourth-order valence-electron chi connectivity index (χ4n) is 7.29. The number of furan rings is 1. The van der Waals surface area contributed by atoms with Gasteiger partial charge in [-0.05, 0) is 57.6 Å². The Morgan fingerprint density at radius 3 is 1.74 bits per heavy atom. The molecule has 0 unspecified atom stereocenters. The average Bonchev–Trinajstić information content (AvgIpc) is 3.56. The van der Waals surface area contributed by atoms with Gasteiger partial charge in [0.25, 0.3) is 0 Å². The molecule has 0 aliphatic heterocycles. The number of fused-ring (bicyclic) bond motifs is 9. The van der Waals surface area contributed by atoms with Crippen molar-refractivity contribution in [2.45, 2.75) is 59.2 Å². The van der Waals surface area contributed by atoms with Gasteiger partial charge in [-0.2, -0.15) is 0 Å². The zero-order valence-corrected chi connectivity index (χ0v) is 35.3. The first-order valence-electron chi connectivity index (χ1n) is 18.6. The van der Waals surface area contributed by atoms with Crippen LogP contribution in [0, 0.1) is 12.1 Å². The molecule has 54 heavy (non-hydrogen) atoms. The van der Waals surface area contributed by atoms with Crippen molar-refractivity contribution in [3.63, 3.8) is 0 Å². The Labute approximate surface area is 332 Å². The van der Waals surface area contributed by atoms with E-state index < -0.39 is 8.07 Å². The molecule has 271 valence electrons. The Morgan fingerprint density at radius 1 is 0.556 bits per heavy atom. The van der Waals surface area contributed by atoms with E-state index in [4.69, 9.17) is 4.42 Å². The summed E-state index contributed by atoms with van der Waals surface area (Å²) in [5.41, 5.74) is 8.31. The van der Waals surface area contributed by atoms with E-state index in [1.54, 1.807) is 0 Å². The fourth-order valence-corrected chi connectivity index (χ4v) is 8.43. The minimum absolute atomic E-state index is 0. The molecule has 9 rings (SSSR count). The smallest absolute Gasteiger partial charge is 0.120 e. The van der Waals surface area contributed by atoms with Gasteiger partial charge >= 0.3 is 0 Å². The Kier molecular flexibility index (Phi) is 10.4. The second kappa shape index (κ2) is 15.1. The molecule has 0 atom stereocenters. The van der Waals surface area contributed by atoms with Crippen LogP contribution in [0.3, 0.4) is 0 Å². The number of pyridine rings is 2. The largest absolute Gasteiger partial charge is 0.501 e. The van der Waals surface area contributed by atoms with Crippen LogP contribution in [0.25, 0.3) is 76.8 Å². The number of hydrogen-bond acceptors (Lipinski definition) is 3. The van der Waals surface area contributed by atoms with Crippen LogP contribution in [0.1, 0.15) is 50.7 Å². The minimum Gasteiger partial charge on any atom is -0.501 e. The first kappa shape index (κ1) is 37.4. The number of hydrogen-bond donors (Lipinski definition) is 0. The zero-order valence-electron chi connectivity index (χ0n) is 31.9. The average molecular weight is 897 g/mol.